The number of benzene rings is 2. The van der Waals surface area contributed by atoms with Gasteiger partial charge in [-0.3, -0.25) is 14.5 Å². The zero-order valence-electron chi connectivity index (χ0n) is 18.6. The summed E-state index contributed by atoms with van der Waals surface area (Å²) in [4.78, 5) is 27.9. The van der Waals surface area contributed by atoms with Gasteiger partial charge in [-0.2, -0.15) is 0 Å². The second-order valence-corrected chi connectivity index (χ2v) is 7.81. The van der Waals surface area contributed by atoms with E-state index in [2.05, 4.69) is 0 Å². The Hall–Kier alpha value is -4.00. The van der Waals surface area contributed by atoms with Crippen LogP contribution in [0.25, 0.3) is 0 Å². The Balaban J connectivity index is 1.81. The van der Waals surface area contributed by atoms with Crippen LogP contribution < -0.4 is 14.4 Å². The highest BCUT2D eigenvalue weighted by atomic mass is 16.5. The molecule has 170 valence electrons. The largest absolute Gasteiger partial charge is 0.503 e. The first kappa shape index (κ1) is 22.2. The summed E-state index contributed by atoms with van der Waals surface area (Å²) in [5.74, 6) is -0.555. The second kappa shape index (κ2) is 9.24. The smallest absolute Gasteiger partial charge is 0.294 e. The zero-order valence-corrected chi connectivity index (χ0v) is 18.6. The van der Waals surface area contributed by atoms with E-state index in [1.807, 2.05) is 20.8 Å². The number of aliphatic hydroxyl groups is 1. The van der Waals surface area contributed by atoms with Crippen molar-refractivity contribution < 1.29 is 28.6 Å². The molecule has 2 aromatic carbocycles. The van der Waals surface area contributed by atoms with Gasteiger partial charge in [-0.15, -0.1) is 0 Å². The Bertz CT molecular complexity index is 1180. The SMILES string of the molecule is CCOc1cccc(N2C(=O)C(O)=C(C(=O)c3ccco3)C2c2ccc(OC(C)C)cc2)c1. The van der Waals surface area contributed by atoms with Gasteiger partial charge in [-0.1, -0.05) is 18.2 Å². The summed E-state index contributed by atoms with van der Waals surface area (Å²) in [6, 6.07) is 16.3. The van der Waals surface area contributed by atoms with Crippen LogP contribution in [0.5, 0.6) is 11.5 Å². The Morgan fingerprint density at radius 3 is 2.48 bits per heavy atom. The number of rotatable bonds is 8. The molecule has 4 rings (SSSR count). The summed E-state index contributed by atoms with van der Waals surface area (Å²) >= 11 is 0. The van der Waals surface area contributed by atoms with E-state index in [1.165, 1.54) is 17.2 Å². The van der Waals surface area contributed by atoms with E-state index in [0.717, 1.165) is 0 Å². The van der Waals surface area contributed by atoms with Crippen LogP contribution in [-0.2, 0) is 4.79 Å². The lowest BCUT2D eigenvalue weighted by Crippen LogP contribution is -2.31. The number of aliphatic hydroxyl groups excluding tert-OH is 1. The van der Waals surface area contributed by atoms with E-state index in [1.54, 1.807) is 54.6 Å². The molecule has 0 bridgehead atoms. The molecule has 1 aromatic heterocycles. The molecule has 0 saturated heterocycles. The highest BCUT2D eigenvalue weighted by Crippen LogP contribution is 2.43. The van der Waals surface area contributed by atoms with Crippen LogP contribution in [0, 0.1) is 0 Å². The maximum Gasteiger partial charge on any atom is 0.294 e. The molecule has 1 aliphatic heterocycles. The Morgan fingerprint density at radius 1 is 1.09 bits per heavy atom. The van der Waals surface area contributed by atoms with Crippen LogP contribution in [0.1, 0.15) is 42.9 Å². The van der Waals surface area contributed by atoms with Gasteiger partial charge in [0.1, 0.15) is 11.5 Å². The molecule has 0 spiro atoms. The molecule has 7 nitrogen and oxygen atoms in total. The standard InChI is InChI=1S/C26H25NO6/c1-4-31-20-8-5-7-18(15-20)27-23(17-10-12-19(13-11-17)33-16(2)3)22(25(29)26(27)30)24(28)21-9-6-14-32-21/h5-16,23,29H,4H2,1-3H3. The normalized spacial score (nSPS) is 15.9. The first-order valence-corrected chi connectivity index (χ1v) is 10.7. The molecule has 1 N–H and O–H groups in total. The molecule has 1 amide bonds. The molecule has 1 atom stereocenters. The number of hydrogen-bond acceptors (Lipinski definition) is 6. The van der Waals surface area contributed by atoms with Crippen LogP contribution in [0.2, 0.25) is 0 Å². The van der Waals surface area contributed by atoms with Crippen molar-refractivity contribution in [1.82, 2.24) is 0 Å². The molecule has 0 aliphatic carbocycles. The fraction of sp³-hybridized carbons (Fsp3) is 0.231. The highest BCUT2D eigenvalue weighted by molar-refractivity contribution is 6.20. The van der Waals surface area contributed by atoms with E-state index < -0.39 is 23.5 Å². The third kappa shape index (κ3) is 4.35. The summed E-state index contributed by atoms with van der Waals surface area (Å²) in [5, 5.41) is 10.8. The number of carbonyl (C=O) groups is 2. The van der Waals surface area contributed by atoms with Crippen molar-refractivity contribution >= 4 is 17.4 Å². The van der Waals surface area contributed by atoms with Crippen LogP contribution >= 0.6 is 0 Å². The molecule has 7 heteroatoms. The Kier molecular flexibility index (Phi) is 6.22. The van der Waals surface area contributed by atoms with Crippen molar-refractivity contribution in [2.24, 2.45) is 0 Å². The lowest BCUT2D eigenvalue weighted by molar-refractivity contribution is -0.117. The van der Waals surface area contributed by atoms with E-state index in [0.29, 0.717) is 29.4 Å². The third-order valence-electron chi connectivity index (χ3n) is 5.17. The lowest BCUT2D eigenvalue weighted by Gasteiger charge is -2.27. The Labute approximate surface area is 191 Å². The fourth-order valence-corrected chi connectivity index (χ4v) is 3.85. The van der Waals surface area contributed by atoms with Crippen LogP contribution in [0.3, 0.4) is 0 Å². The van der Waals surface area contributed by atoms with Crippen molar-refractivity contribution in [3.05, 3.63) is 89.6 Å². The number of Topliss-reactive ketones (excluding diaryl/α,β-unsaturated/α-hetero) is 1. The number of amides is 1. The predicted octanol–water partition coefficient (Wildman–Crippen LogP) is 5.25. The zero-order chi connectivity index (χ0) is 23.5. The minimum Gasteiger partial charge on any atom is -0.503 e. The quantitative estimate of drug-likeness (QED) is 0.475. The fourth-order valence-electron chi connectivity index (χ4n) is 3.85. The molecular weight excluding hydrogens is 422 g/mol. The monoisotopic (exact) mass is 447 g/mol. The number of carbonyl (C=O) groups excluding carboxylic acids is 2. The number of anilines is 1. The van der Waals surface area contributed by atoms with Crippen molar-refractivity contribution in [3.63, 3.8) is 0 Å². The molecule has 33 heavy (non-hydrogen) atoms. The van der Waals surface area contributed by atoms with Gasteiger partial charge in [0.2, 0.25) is 5.78 Å². The average molecular weight is 447 g/mol. The number of ketones is 1. The number of ether oxygens (including phenoxy) is 2. The Morgan fingerprint density at radius 2 is 1.85 bits per heavy atom. The minimum absolute atomic E-state index is 0.00161. The third-order valence-corrected chi connectivity index (χ3v) is 5.17. The van der Waals surface area contributed by atoms with Crippen molar-refractivity contribution in [1.29, 1.82) is 0 Å². The van der Waals surface area contributed by atoms with Crippen LogP contribution in [0.15, 0.2) is 82.7 Å². The van der Waals surface area contributed by atoms with Gasteiger partial charge in [0, 0.05) is 11.8 Å². The highest BCUT2D eigenvalue weighted by Gasteiger charge is 2.45. The predicted molar refractivity (Wildman–Crippen MR) is 123 cm³/mol. The van der Waals surface area contributed by atoms with Gasteiger partial charge in [0.05, 0.1) is 30.6 Å². The van der Waals surface area contributed by atoms with Gasteiger partial charge < -0.3 is 19.0 Å². The van der Waals surface area contributed by atoms with Gasteiger partial charge in [-0.05, 0) is 62.7 Å². The summed E-state index contributed by atoms with van der Waals surface area (Å²) in [5.41, 5.74) is 1.08. The summed E-state index contributed by atoms with van der Waals surface area (Å²) in [7, 11) is 0. The lowest BCUT2D eigenvalue weighted by atomic mass is 9.94. The molecule has 3 aromatic rings. The molecule has 0 saturated carbocycles. The molecule has 0 radical (unpaired) electrons. The molecule has 1 aliphatic rings. The number of nitrogens with zero attached hydrogens (tertiary/aromatic N) is 1. The first-order chi connectivity index (χ1) is 15.9. The molecule has 1 unspecified atom stereocenters. The summed E-state index contributed by atoms with van der Waals surface area (Å²) < 4.78 is 16.6. The molecular formula is C26H25NO6. The van der Waals surface area contributed by atoms with Gasteiger partial charge in [-0.25, -0.2) is 0 Å². The molecule has 2 heterocycles. The summed E-state index contributed by atoms with van der Waals surface area (Å²) in [6.45, 7) is 6.18. The van der Waals surface area contributed by atoms with E-state index >= 15 is 0 Å². The topological polar surface area (TPSA) is 89.2 Å². The van der Waals surface area contributed by atoms with Gasteiger partial charge in [0.25, 0.3) is 5.91 Å². The van der Waals surface area contributed by atoms with Crippen molar-refractivity contribution in [2.45, 2.75) is 32.9 Å². The van der Waals surface area contributed by atoms with Gasteiger partial charge in [0.15, 0.2) is 11.5 Å². The van der Waals surface area contributed by atoms with Crippen molar-refractivity contribution in [2.75, 3.05) is 11.5 Å². The number of furan rings is 1. The van der Waals surface area contributed by atoms with Gasteiger partial charge >= 0.3 is 0 Å². The van der Waals surface area contributed by atoms with Crippen molar-refractivity contribution in [3.8, 4) is 11.5 Å². The average Bonchev–Trinajstić information content (AvgIpc) is 3.42. The maximum absolute atomic E-state index is 13.3. The molecule has 0 fully saturated rings. The minimum atomic E-state index is -0.861. The van der Waals surface area contributed by atoms with E-state index in [4.69, 9.17) is 13.9 Å². The number of hydrogen-bond donors (Lipinski definition) is 1. The van der Waals surface area contributed by atoms with Crippen LogP contribution in [0.4, 0.5) is 5.69 Å². The van der Waals surface area contributed by atoms with E-state index in [9.17, 15) is 14.7 Å². The summed E-state index contributed by atoms with van der Waals surface area (Å²) in [6.07, 6.45) is 1.37. The first-order valence-electron chi connectivity index (χ1n) is 10.7. The maximum atomic E-state index is 13.3. The van der Waals surface area contributed by atoms with Crippen LogP contribution in [-0.4, -0.2) is 29.5 Å². The van der Waals surface area contributed by atoms with E-state index in [-0.39, 0.29) is 17.4 Å². The second-order valence-electron chi connectivity index (χ2n) is 7.81.